The first kappa shape index (κ1) is 26.0. The number of aryl methyl sites for hydroxylation is 1. The highest BCUT2D eigenvalue weighted by Gasteiger charge is 2.12. The molecule has 0 saturated carbocycles. The normalized spacial score (nSPS) is 11.0. The third kappa shape index (κ3) is 9.67. The van der Waals surface area contributed by atoms with Crippen molar-refractivity contribution in [3.63, 3.8) is 0 Å². The topological polar surface area (TPSA) is 53.5 Å². The van der Waals surface area contributed by atoms with Gasteiger partial charge in [-0.05, 0) is 54.1 Å². The Morgan fingerprint density at radius 3 is 2.47 bits per heavy atom. The van der Waals surface area contributed by atoms with Gasteiger partial charge in [0, 0.05) is 17.5 Å². The summed E-state index contributed by atoms with van der Waals surface area (Å²) >= 11 is 9.19. The molecule has 0 unspecified atom stereocenters. The third-order valence-electron chi connectivity index (χ3n) is 3.37. The van der Waals surface area contributed by atoms with E-state index in [1.807, 2.05) is 0 Å². The standard InChI is InChI=1S/C19H20BrClF2N2O3.CH3F/c1-12(21)6-9-26-14-4-5-17(15(20)10-14)27-7-3-8-28-18-11-16(19(22)23)24-13(2)25-18;1-2/h4-6,10-11,19H,3,7-9H2,1-2H3;1H3/b12-6+;. The van der Waals surface area contributed by atoms with E-state index < -0.39 is 6.43 Å². The lowest BCUT2D eigenvalue weighted by atomic mass is 10.3. The van der Waals surface area contributed by atoms with Crippen LogP contribution in [0.5, 0.6) is 17.4 Å². The number of benzene rings is 1. The first-order valence-electron chi connectivity index (χ1n) is 8.87. The lowest BCUT2D eigenvalue weighted by molar-refractivity contribution is 0.144. The molecule has 30 heavy (non-hydrogen) atoms. The maximum Gasteiger partial charge on any atom is 0.280 e. The molecule has 1 heterocycles. The molecule has 0 aliphatic rings. The lowest BCUT2D eigenvalue weighted by Crippen LogP contribution is -2.07. The van der Waals surface area contributed by atoms with Gasteiger partial charge in [0.25, 0.3) is 6.43 Å². The van der Waals surface area contributed by atoms with Gasteiger partial charge in [0.1, 0.15) is 29.6 Å². The Bertz CT molecular complexity index is 822. The van der Waals surface area contributed by atoms with Gasteiger partial charge in [-0.2, -0.15) is 4.98 Å². The number of halogens is 5. The van der Waals surface area contributed by atoms with E-state index in [1.54, 1.807) is 38.1 Å². The van der Waals surface area contributed by atoms with Gasteiger partial charge in [0.15, 0.2) is 0 Å². The fourth-order valence-electron chi connectivity index (χ4n) is 2.11. The van der Waals surface area contributed by atoms with Gasteiger partial charge >= 0.3 is 0 Å². The maximum atomic E-state index is 12.7. The van der Waals surface area contributed by atoms with Crippen LogP contribution in [0.2, 0.25) is 0 Å². The van der Waals surface area contributed by atoms with Gasteiger partial charge in [-0.3, -0.25) is 4.39 Å². The maximum absolute atomic E-state index is 12.7. The van der Waals surface area contributed by atoms with Crippen LogP contribution in [-0.2, 0) is 0 Å². The average Bonchev–Trinajstić information content (AvgIpc) is 2.70. The van der Waals surface area contributed by atoms with Crippen molar-refractivity contribution in [2.75, 3.05) is 27.0 Å². The summed E-state index contributed by atoms with van der Waals surface area (Å²) in [6, 6.07) is 6.54. The number of hydrogen-bond acceptors (Lipinski definition) is 5. The van der Waals surface area contributed by atoms with Crippen molar-refractivity contribution in [2.45, 2.75) is 26.7 Å². The summed E-state index contributed by atoms with van der Waals surface area (Å²) in [4.78, 5) is 7.66. The molecular formula is C20H23BrClF3N2O3. The number of rotatable bonds is 10. The Kier molecular flexibility index (Phi) is 12.2. The Morgan fingerprint density at radius 2 is 1.83 bits per heavy atom. The Balaban J connectivity index is 0.00000218. The van der Waals surface area contributed by atoms with Crippen LogP contribution in [-0.4, -0.2) is 37.0 Å². The van der Waals surface area contributed by atoms with Gasteiger partial charge in [-0.25, -0.2) is 13.8 Å². The van der Waals surface area contributed by atoms with Crippen LogP contribution in [0.25, 0.3) is 0 Å². The minimum atomic E-state index is -2.66. The van der Waals surface area contributed by atoms with Crippen molar-refractivity contribution in [3.05, 3.63) is 51.4 Å². The Hall–Kier alpha value is -2.00. The molecule has 166 valence electrons. The molecule has 0 spiro atoms. The average molecular weight is 512 g/mol. The molecule has 0 radical (unpaired) electrons. The number of hydrogen-bond donors (Lipinski definition) is 0. The van der Waals surface area contributed by atoms with Gasteiger partial charge < -0.3 is 14.2 Å². The van der Waals surface area contributed by atoms with Crippen molar-refractivity contribution in [3.8, 4) is 17.4 Å². The van der Waals surface area contributed by atoms with Crippen molar-refractivity contribution in [2.24, 2.45) is 0 Å². The summed E-state index contributed by atoms with van der Waals surface area (Å²) in [5.74, 6) is 1.72. The van der Waals surface area contributed by atoms with Crippen molar-refractivity contribution < 1.29 is 27.4 Å². The fourth-order valence-corrected chi connectivity index (χ4v) is 2.64. The van der Waals surface area contributed by atoms with Crippen LogP contribution in [0.15, 0.2) is 39.8 Å². The zero-order valence-corrected chi connectivity index (χ0v) is 19.1. The number of ether oxygens (including phenoxy) is 3. The second-order valence-corrected chi connectivity index (χ2v) is 7.17. The molecule has 0 N–H and O–H groups in total. The lowest BCUT2D eigenvalue weighted by Gasteiger charge is -2.11. The molecule has 1 aromatic heterocycles. The van der Waals surface area contributed by atoms with E-state index in [1.165, 1.54) is 0 Å². The molecule has 0 aliphatic heterocycles. The van der Waals surface area contributed by atoms with Crippen LogP contribution >= 0.6 is 27.5 Å². The quantitative estimate of drug-likeness (QED) is 0.344. The van der Waals surface area contributed by atoms with E-state index in [0.717, 1.165) is 10.5 Å². The van der Waals surface area contributed by atoms with Crippen LogP contribution < -0.4 is 14.2 Å². The molecule has 0 bridgehead atoms. The van der Waals surface area contributed by atoms with E-state index in [2.05, 4.69) is 25.9 Å². The fraction of sp³-hybridized carbons (Fsp3) is 0.400. The summed E-state index contributed by atoms with van der Waals surface area (Å²) in [6.07, 6.45) is -0.340. The second-order valence-electron chi connectivity index (χ2n) is 5.72. The number of aromatic nitrogens is 2. The van der Waals surface area contributed by atoms with Crippen LogP contribution in [0.4, 0.5) is 13.2 Å². The van der Waals surface area contributed by atoms with Crippen molar-refractivity contribution in [1.29, 1.82) is 0 Å². The molecular weight excluding hydrogens is 489 g/mol. The van der Waals surface area contributed by atoms with E-state index in [-0.39, 0.29) is 24.0 Å². The molecule has 10 heteroatoms. The minimum Gasteiger partial charge on any atom is -0.492 e. The highest BCUT2D eigenvalue weighted by molar-refractivity contribution is 9.10. The van der Waals surface area contributed by atoms with Crippen LogP contribution in [0.1, 0.15) is 31.3 Å². The highest BCUT2D eigenvalue weighted by atomic mass is 79.9. The van der Waals surface area contributed by atoms with E-state index in [0.29, 0.717) is 43.3 Å². The zero-order valence-electron chi connectivity index (χ0n) is 16.8. The van der Waals surface area contributed by atoms with E-state index in [9.17, 15) is 13.2 Å². The number of alkyl halides is 3. The van der Waals surface area contributed by atoms with Crippen LogP contribution in [0.3, 0.4) is 0 Å². The molecule has 0 fully saturated rings. The summed E-state index contributed by atoms with van der Waals surface area (Å²) in [5.41, 5.74) is -0.346. The summed E-state index contributed by atoms with van der Waals surface area (Å²) in [6.45, 7) is 4.38. The molecule has 5 nitrogen and oxygen atoms in total. The predicted molar refractivity (Wildman–Crippen MR) is 114 cm³/mol. The molecule has 2 aromatic rings. The second kappa shape index (κ2) is 14.1. The first-order valence-corrected chi connectivity index (χ1v) is 10.0. The highest BCUT2D eigenvalue weighted by Crippen LogP contribution is 2.29. The Morgan fingerprint density at radius 1 is 1.13 bits per heavy atom. The minimum absolute atomic E-state index is 0.131. The molecule has 0 aliphatic carbocycles. The summed E-state index contributed by atoms with van der Waals surface area (Å²) in [7, 11) is 0.500. The zero-order chi connectivity index (χ0) is 22.5. The van der Waals surface area contributed by atoms with Gasteiger partial charge in [-0.1, -0.05) is 11.6 Å². The number of nitrogens with zero attached hydrogens (tertiary/aromatic N) is 2. The summed E-state index contributed by atoms with van der Waals surface area (Å²) < 4.78 is 52.4. The van der Waals surface area contributed by atoms with Crippen LogP contribution in [0, 0.1) is 6.92 Å². The third-order valence-corrected chi connectivity index (χ3v) is 4.15. The van der Waals surface area contributed by atoms with E-state index in [4.69, 9.17) is 25.8 Å². The monoisotopic (exact) mass is 510 g/mol. The van der Waals surface area contributed by atoms with Gasteiger partial charge in [0.2, 0.25) is 5.88 Å². The molecule has 0 amide bonds. The summed E-state index contributed by atoms with van der Waals surface area (Å²) in [5, 5.41) is 0.670. The Labute approximate surface area is 187 Å². The molecule has 0 atom stereocenters. The van der Waals surface area contributed by atoms with Gasteiger partial charge in [-0.15, -0.1) is 0 Å². The smallest absolute Gasteiger partial charge is 0.280 e. The SMILES string of the molecule is C/C(Cl)=C\COc1ccc(OCCCOc2cc(C(F)F)nc(C)n2)c(Br)c1.CF. The van der Waals surface area contributed by atoms with Gasteiger partial charge in [0.05, 0.1) is 24.9 Å². The number of allylic oxidation sites excluding steroid dienone is 1. The van der Waals surface area contributed by atoms with E-state index >= 15 is 0 Å². The molecule has 2 rings (SSSR count). The molecule has 0 saturated heterocycles. The van der Waals surface area contributed by atoms with Crippen molar-refractivity contribution >= 4 is 27.5 Å². The molecule has 1 aromatic carbocycles. The largest absolute Gasteiger partial charge is 0.492 e. The predicted octanol–water partition coefficient (Wildman–Crippen LogP) is 6.44. The van der Waals surface area contributed by atoms with Crippen molar-refractivity contribution in [1.82, 2.24) is 9.97 Å². The first-order chi connectivity index (χ1) is 14.3.